The summed E-state index contributed by atoms with van der Waals surface area (Å²) in [6, 6.07) is 4.57. The van der Waals surface area contributed by atoms with Crippen LogP contribution in [-0.4, -0.2) is 14.8 Å². The third-order valence-electron chi connectivity index (χ3n) is 2.93. The lowest BCUT2D eigenvalue weighted by Crippen LogP contribution is -2.01. The monoisotopic (exact) mass is 290 g/mol. The molecule has 1 aromatic carbocycles. The van der Waals surface area contributed by atoms with Crippen molar-refractivity contribution in [2.75, 3.05) is 5.73 Å². The highest BCUT2D eigenvalue weighted by atomic mass is 19.2. The lowest BCUT2D eigenvalue weighted by molar-refractivity contribution is 0.491. The molecule has 0 bridgehead atoms. The Morgan fingerprint density at radius 2 is 1.62 bits per heavy atom. The Labute approximate surface area is 117 Å². The molecular formula is C14H9F3N4. The second-order valence-electron chi connectivity index (χ2n) is 4.33. The Hall–Kier alpha value is -2.83. The molecule has 0 atom stereocenters. The average molecular weight is 290 g/mol. The van der Waals surface area contributed by atoms with Crippen LogP contribution >= 0.6 is 0 Å². The molecule has 7 heteroatoms. The fourth-order valence-corrected chi connectivity index (χ4v) is 1.93. The summed E-state index contributed by atoms with van der Waals surface area (Å²) in [5.41, 5.74) is 6.98. The smallest absolute Gasteiger partial charge is 0.161 e. The van der Waals surface area contributed by atoms with Gasteiger partial charge in [0, 0.05) is 30.1 Å². The van der Waals surface area contributed by atoms with Crippen LogP contribution < -0.4 is 5.73 Å². The summed E-state index contributed by atoms with van der Waals surface area (Å²) in [5, 5.41) is 4.12. The van der Waals surface area contributed by atoms with E-state index in [0.717, 1.165) is 10.7 Å². The summed E-state index contributed by atoms with van der Waals surface area (Å²) in [5.74, 6) is -3.35. The van der Waals surface area contributed by atoms with Crippen molar-refractivity contribution in [2.45, 2.75) is 0 Å². The fourth-order valence-electron chi connectivity index (χ4n) is 1.93. The fraction of sp³-hybridized carbons (Fsp3) is 0. The number of anilines is 1. The van der Waals surface area contributed by atoms with E-state index in [9.17, 15) is 13.2 Å². The molecule has 0 saturated heterocycles. The van der Waals surface area contributed by atoms with Crippen molar-refractivity contribution in [2.24, 2.45) is 0 Å². The highest BCUT2D eigenvalue weighted by molar-refractivity contribution is 5.72. The number of hydrogen-bond acceptors (Lipinski definition) is 3. The molecule has 0 unspecified atom stereocenters. The van der Waals surface area contributed by atoms with Crippen LogP contribution in [-0.2, 0) is 0 Å². The summed E-state index contributed by atoms with van der Waals surface area (Å²) in [7, 11) is 0. The third-order valence-corrected chi connectivity index (χ3v) is 2.93. The largest absolute Gasteiger partial charge is 0.396 e. The van der Waals surface area contributed by atoms with Gasteiger partial charge in [0.05, 0.1) is 11.9 Å². The van der Waals surface area contributed by atoms with Crippen LogP contribution in [0, 0.1) is 17.5 Å². The van der Waals surface area contributed by atoms with Crippen molar-refractivity contribution in [3.63, 3.8) is 0 Å². The molecular weight excluding hydrogens is 281 g/mol. The summed E-state index contributed by atoms with van der Waals surface area (Å²) in [6.07, 6.45) is 4.46. The van der Waals surface area contributed by atoms with Gasteiger partial charge in [-0.15, -0.1) is 0 Å². The predicted octanol–water partition coefficient (Wildman–Crippen LogP) is 2.93. The Kier molecular flexibility index (Phi) is 3.09. The van der Waals surface area contributed by atoms with E-state index in [1.165, 1.54) is 6.20 Å². The molecule has 106 valence electrons. The molecule has 21 heavy (non-hydrogen) atoms. The molecule has 0 fully saturated rings. The first-order valence-electron chi connectivity index (χ1n) is 5.96. The molecule has 0 saturated carbocycles. The summed E-state index contributed by atoms with van der Waals surface area (Å²) in [6.45, 7) is 0. The van der Waals surface area contributed by atoms with Gasteiger partial charge in [0.2, 0.25) is 0 Å². The minimum Gasteiger partial charge on any atom is -0.396 e. The number of rotatable bonds is 2. The van der Waals surface area contributed by atoms with Gasteiger partial charge in [-0.05, 0) is 12.1 Å². The lowest BCUT2D eigenvalue weighted by atomic mass is 10.2. The Balaban J connectivity index is 2.12. The van der Waals surface area contributed by atoms with Gasteiger partial charge in [-0.25, -0.2) is 17.9 Å². The number of nitrogens with zero attached hydrogens (tertiary/aromatic N) is 3. The van der Waals surface area contributed by atoms with Gasteiger partial charge in [0.15, 0.2) is 17.5 Å². The van der Waals surface area contributed by atoms with Crippen LogP contribution in [0.5, 0.6) is 0 Å². The van der Waals surface area contributed by atoms with Gasteiger partial charge in [-0.2, -0.15) is 5.10 Å². The normalized spacial score (nSPS) is 10.8. The quantitative estimate of drug-likeness (QED) is 0.738. The lowest BCUT2D eigenvalue weighted by Gasteiger charge is -2.04. The number of halogens is 3. The first-order chi connectivity index (χ1) is 10.1. The van der Waals surface area contributed by atoms with E-state index < -0.39 is 17.5 Å². The summed E-state index contributed by atoms with van der Waals surface area (Å²) >= 11 is 0. The van der Waals surface area contributed by atoms with Gasteiger partial charge in [-0.3, -0.25) is 4.98 Å². The van der Waals surface area contributed by atoms with Crippen LogP contribution in [0.2, 0.25) is 0 Å². The minimum atomic E-state index is -1.26. The number of nitrogen functional groups attached to an aromatic ring is 1. The molecule has 0 aliphatic heterocycles. The first-order valence-corrected chi connectivity index (χ1v) is 5.96. The SMILES string of the molecule is Nc1cn(-c2cc(F)c(F)cc2F)nc1-c1ccncc1. The molecule has 2 aromatic heterocycles. The minimum absolute atomic E-state index is 0.221. The molecule has 0 aliphatic carbocycles. The molecule has 0 aliphatic rings. The average Bonchev–Trinajstić information content (AvgIpc) is 2.85. The zero-order chi connectivity index (χ0) is 15.0. The standard InChI is InChI=1S/C14H9F3N4/c15-9-5-11(17)13(6-10(9)16)21-7-12(18)14(20-21)8-1-3-19-4-2-8/h1-7H,18H2. The van der Waals surface area contributed by atoms with Crippen LogP contribution in [0.25, 0.3) is 16.9 Å². The van der Waals surface area contributed by atoms with Crippen molar-refractivity contribution in [1.82, 2.24) is 14.8 Å². The van der Waals surface area contributed by atoms with Crippen LogP contribution in [0.15, 0.2) is 42.9 Å². The molecule has 0 spiro atoms. The van der Waals surface area contributed by atoms with Gasteiger partial charge < -0.3 is 5.73 Å². The van der Waals surface area contributed by atoms with Crippen molar-refractivity contribution in [3.8, 4) is 16.9 Å². The number of benzene rings is 1. The topological polar surface area (TPSA) is 56.7 Å². The van der Waals surface area contributed by atoms with Crippen LogP contribution in [0.3, 0.4) is 0 Å². The Morgan fingerprint density at radius 3 is 2.33 bits per heavy atom. The van der Waals surface area contributed by atoms with Gasteiger partial charge in [0.25, 0.3) is 0 Å². The maximum Gasteiger partial charge on any atom is 0.161 e. The second-order valence-corrected chi connectivity index (χ2v) is 4.33. The zero-order valence-corrected chi connectivity index (χ0v) is 10.6. The predicted molar refractivity (Wildman–Crippen MR) is 71.1 cm³/mol. The summed E-state index contributed by atoms with van der Waals surface area (Å²) < 4.78 is 41.0. The molecule has 0 radical (unpaired) electrons. The number of pyridine rings is 1. The highest BCUT2D eigenvalue weighted by Crippen LogP contribution is 2.26. The van der Waals surface area contributed by atoms with Gasteiger partial charge >= 0.3 is 0 Å². The van der Waals surface area contributed by atoms with Crippen LogP contribution in [0.4, 0.5) is 18.9 Å². The molecule has 3 rings (SSSR count). The van der Waals surface area contributed by atoms with E-state index >= 15 is 0 Å². The van der Waals surface area contributed by atoms with E-state index in [1.54, 1.807) is 24.5 Å². The van der Waals surface area contributed by atoms with Crippen molar-refractivity contribution < 1.29 is 13.2 Å². The van der Waals surface area contributed by atoms with E-state index in [2.05, 4.69) is 10.1 Å². The summed E-state index contributed by atoms with van der Waals surface area (Å²) in [4.78, 5) is 3.87. The zero-order valence-electron chi connectivity index (χ0n) is 10.6. The number of hydrogen-bond donors (Lipinski definition) is 1. The van der Waals surface area contributed by atoms with Gasteiger partial charge in [-0.1, -0.05) is 0 Å². The van der Waals surface area contributed by atoms with E-state index in [4.69, 9.17) is 5.73 Å². The van der Waals surface area contributed by atoms with Crippen molar-refractivity contribution in [1.29, 1.82) is 0 Å². The molecule has 3 aromatic rings. The molecule has 4 nitrogen and oxygen atoms in total. The number of nitrogens with two attached hydrogens (primary N) is 1. The third kappa shape index (κ3) is 2.33. The Bertz CT molecular complexity index is 799. The maximum absolute atomic E-state index is 13.7. The van der Waals surface area contributed by atoms with Crippen LogP contribution in [0.1, 0.15) is 0 Å². The molecule has 0 amide bonds. The first kappa shape index (κ1) is 13.2. The molecule has 2 N–H and O–H groups in total. The van der Waals surface area contributed by atoms with Crippen molar-refractivity contribution >= 4 is 5.69 Å². The van der Waals surface area contributed by atoms with E-state index in [1.807, 2.05) is 0 Å². The number of aromatic nitrogens is 3. The maximum atomic E-state index is 13.7. The molecule has 2 heterocycles. The van der Waals surface area contributed by atoms with E-state index in [-0.39, 0.29) is 11.4 Å². The van der Waals surface area contributed by atoms with E-state index in [0.29, 0.717) is 17.3 Å². The second kappa shape index (κ2) is 4.93. The Morgan fingerprint density at radius 1 is 0.952 bits per heavy atom. The highest BCUT2D eigenvalue weighted by Gasteiger charge is 2.15. The van der Waals surface area contributed by atoms with Crippen molar-refractivity contribution in [3.05, 3.63) is 60.3 Å². The van der Waals surface area contributed by atoms with Gasteiger partial charge in [0.1, 0.15) is 11.4 Å².